The van der Waals surface area contributed by atoms with Gasteiger partial charge in [0, 0.05) is 24.0 Å². The Kier molecular flexibility index (Phi) is 6.76. The van der Waals surface area contributed by atoms with Crippen LogP contribution in [0.4, 0.5) is 0 Å². The number of amides is 1. The van der Waals surface area contributed by atoms with Crippen molar-refractivity contribution < 1.29 is 9.90 Å². The Labute approximate surface area is 175 Å². The summed E-state index contributed by atoms with van der Waals surface area (Å²) in [4.78, 5) is 17.6. The molecule has 0 bridgehead atoms. The van der Waals surface area contributed by atoms with Crippen LogP contribution in [0.5, 0.6) is 5.75 Å². The second kappa shape index (κ2) is 9.48. The largest absolute Gasteiger partial charge is 0.508 e. The summed E-state index contributed by atoms with van der Waals surface area (Å²) in [6.07, 6.45) is 9.15. The van der Waals surface area contributed by atoms with Crippen molar-refractivity contribution in [1.29, 1.82) is 0 Å². The summed E-state index contributed by atoms with van der Waals surface area (Å²) in [5.41, 5.74) is 1.30. The molecule has 1 aromatic rings. The van der Waals surface area contributed by atoms with Crippen LogP contribution in [0.3, 0.4) is 0 Å². The normalized spacial score (nSPS) is 23.8. The van der Waals surface area contributed by atoms with E-state index in [0.717, 1.165) is 38.8 Å². The number of phenols is 1. The molecular formula is C24H37N3O2. The van der Waals surface area contributed by atoms with Crippen LogP contribution in [-0.2, 0) is 11.2 Å². The molecule has 2 N–H and O–H groups in total. The smallest absolute Gasteiger partial charge is 0.223 e. The highest BCUT2D eigenvalue weighted by atomic mass is 16.3. The molecular weight excluding hydrogens is 362 g/mol. The highest BCUT2D eigenvalue weighted by Gasteiger charge is 2.33. The van der Waals surface area contributed by atoms with Crippen LogP contribution >= 0.6 is 0 Å². The maximum Gasteiger partial charge on any atom is 0.223 e. The number of likely N-dealkylation sites (tertiary alicyclic amines) is 2. The molecule has 1 saturated carbocycles. The first-order valence-corrected chi connectivity index (χ1v) is 11.6. The predicted molar refractivity (Wildman–Crippen MR) is 116 cm³/mol. The van der Waals surface area contributed by atoms with E-state index < -0.39 is 0 Å². The summed E-state index contributed by atoms with van der Waals surface area (Å²) in [6.45, 7) is 6.89. The van der Waals surface area contributed by atoms with Crippen molar-refractivity contribution in [3.63, 3.8) is 0 Å². The molecule has 1 atom stereocenters. The molecule has 0 radical (unpaired) electrons. The van der Waals surface area contributed by atoms with Gasteiger partial charge in [-0.05, 0) is 102 Å². The molecule has 3 fully saturated rings. The van der Waals surface area contributed by atoms with E-state index in [9.17, 15) is 9.90 Å². The van der Waals surface area contributed by atoms with Crippen LogP contribution in [0.2, 0.25) is 0 Å². The van der Waals surface area contributed by atoms with Gasteiger partial charge in [-0.25, -0.2) is 0 Å². The fourth-order valence-electron chi connectivity index (χ4n) is 4.99. The number of rotatable bonds is 7. The monoisotopic (exact) mass is 399 g/mol. The zero-order valence-corrected chi connectivity index (χ0v) is 17.9. The minimum atomic E-state index is 0.242. The number of carbonyl (C=O) groups is 1. The number of nitrogens with zero attached hydrogens (tertiary/aromatic N) is 2. The van der Waals surface area contributed by atoms with E-state index in [1.165, 1.54) is 44.3 Å². The van der Waals surface area contributed by atoms with E-state index in [1.54, 1.807) is 12.1 Å². The predicted octanol–water partition coefficient (Wildman–Crippen LogP) is 3.17. The first-order chi connectivity index (χ1) is 14.1. The van der Waals surface area contributed by atoms with Gasteiger partial charge in [0.1, 0.15) is 5.75 Å². The molecule has 0 spiro atoms. The van der Waals surface area contributed by atoms with Crippen molar-refractivity contribution in [2.45, 2.75) is 76.4 Å². The SMILES string of the molecule is C[C@@H](CCc1ccc(O)cc1)N1CCC(N2CCC(C(=O)NC3CC3)CC2)CC1. The fraction of sp³-hybridized carbons (Fsp3) is 0.708. The first-order valence-electron chi connectivity index (χ1n) is 11.6. The van der Waals surface area contributed by atoms with Gasteiger partial charge in [-0.1, -0.05) is 12.1 Å². The molecule has 0 unspecified atom stereocenters. The number of aromatic hydroxyl groups is 1. The van der Waals surface area contributed by atoms with Crippen molar-refractivity contribution in [1.82, 2.24) is 15.1 Å². The third kappa shape index (κ3) is 5.73. The topological polar surface area (TPSA) is 55.8 Å². The quantitative estimate of drug-likeness (QED) is 0.739. The van der Waals surface area contributed by atoms with Gasteiger partial charge in [0.15, 0.2) is 0 Å². The van der Waals surface area contributed by atoms with E-state index in [2.05, 4.69) is 22.0 Å². The third-order valence-electron chi connectivity index (χ3n) is 7.25. The zero-order chi connectivity index (χ0) is 20.2. The van der Waals surface area contributed by atoms with Crippen molar-refractivity contribution in [2.24, 2.45) is 5.92 Å². The van der Waals surface area contributed by atoms with Crippen LogP contribution in [-0.4, -0.2) is 65.1 Å². The highest BCUT2D eigenvalue weighted by Crippen LogP contribution is 2.27. The van der Waals surface area contributed by atoms with Gasteiger partial charge in [-0.2, -0.15) is 0 Å². The van der Waals surface area contributed by atoms with E-state index in [-0.39, 0.29) is 5.92 Å². The Balaban J connectivity index is 1.15. The number of nitrogens with one attached hydrogen (secondary N) is 1. The van der Waals surface area contributed by atoms with Crippen LogP contribution in [0, 0.1) is 5.92 Å². The van der Waals surface area contributed by atoms with Crippen molar-refractivity contribution in [3.8, 4) is 5.75 Å². The lowest BCUT2D eigenvalue weighted by Crippen LogP contribution is -2.50. The molecule has 2 aliphatic heterocycles. The molecule has 3 aliphatic rings. The van der Waals surface area contributed by atoms with E-state index in [4.69, 9.17) is 0 Å². The van der Waals surface area contributed by atoms with Crippen LogP contribution in [0.1, 0.15) is 57.4 Å². The summed E-state index contributed by atoms with van der Waals surface area (Å²) in [5, 5.41) is 12.6. The average molecular weight is 400 g/mol. The van der Waals surface area contributed by atoms with Gasteiger partial charge in [-0.15, -0.1) is 0 Å². The molecule has 2 saturated heterocycles. The van der Waals surface area contributed by atoms with E-state index in [1.807, 2.05) is 12.1 Å². The number of hydrogen-bond acceptors (Lipinski definition) is 4. The Bertz CT molecular complexity index is 657. The number of carbonyl (C=O) groups excluding carboxylic acids is 1. The first kappa shape index (κ1) is 20.7. The Hall–Kier alpha value is -1.59. The van der Waals surface area contributed by atoms with Gasteiger partial charge < -0.3 is 20.2 Å². The van der Waals surface area contributed by atoms with Crippen molar-refractivity contribution in [3.05, 3.63) is 29.8 Å². The number of aryl methyl sites for hydroxylation is 1. The fourth-order valence-corrected chi connectivity index (χ4v) is 4.99. The van der Waals surface area contributed by atoms with Gasteiger partial charge in [0.25, 0.3) is 0 Å². The summed E-state index contributed by atoms with van der Waals surface area (Å²) < 4.78 is 0. The molecule has 1 aromatic carbocycles. The minimum Gasteiger partial charge on any atom is -0.508 e. The van der Waals surface area contributed by atoms with Crippen molar-refractivity contribution in [2.75, 3.05) is 26.2 Å². The van der Waals surface area contributed by atoms with Gasteiger partial charge in [0.2, 0.25) is 5.91 Å². The summed E-state index contributed by atoms with van der Waals surface area (Å²) in [7, 11) is 0. The lowest BCUT2D eigenvalue weighted by atomic mass is 9.92. The molecule has 160 valence electrons. The molecule has 1 amide bonds. The zero-order valence-electron chi connectivity index (χ0n) is 17.9. The molecule has 2 heterocycles. The Morgan fingerprint density at radius 1 is 1.03 bits per heavy atom. The molecule has 5 heteroatoms. The van der Waals surface area contributed by atoms with Gasteiger partial charge in [-0.3, -0.25) is 4.79 Å². The summed E-state index contributed by atoms with van der Waals surface area (Å²) in [6, 6.07) is 9.41. The van der Waals surface area contributed by atoms with Gasteiger partial charge >= 0.3 is 0 Å². The lowest BCUT2D eigenvalue weighted by molar-refractivity contribution is -0.126. The van der Waals surface area contributed by atoms with E-state index >= 15 is 0 Å². The Morgan fingerprint density at radius 2 is 1.69 bits per heavy atom. The second-order valence-corrected chi connectivity index (χ2v) is 9.41. The minimum absolute atomic E-state index is 0.242. The molecule has 1 aliphatic carbocycles. The molecule has 0 aromatic heterocycles. The van der Waals surface area contributed by atoms with Crippen LogP contribution < -0.4 is 5.32 Å². The maximum atomic E-state index is 12.3. The molecule has 5 nitrogen and oxygen atoms in total. The number of hydrogen-bond donors (Lipinski definition) is 2. The van der Waals surface area contributed by atoms with Crippen molar-refractivity contribution >= 4 is 5.91 Å². The van der Waals surface area contributed by atoms with E-state index in [0.29, 0.717) is 29.8 Å². The number of piperidine rings is 2. The average Bonchev–Trinajstić information content (AvgIpc) is 3.57. The number of benzene rings is 1. The number of phenolic OH excluding ortho intramolecular Hbond substituents is 1. The highest BCUT2D eigenvalue weighted by molar-refractivity contribution is 5.79. The molecule has 4 rings (SSSR count). The standard InChI is InChI=1S/C24H37N3O2/c1-18(2-3-19-4-8-23(28)9-5-19)26-16-12-22(13-17-26)27-14-10-20(11-15-27)24(29)25-21-6-7-21/h4-5,8-9,18,20-22,28H,2-3,6-7,10-17H2,1H3,(H,25,29)/t18-/m0/s1. The summed E-state index contributed by atoms with van der Waals surface area (Å²) in [5.74, 6) is 0.896. The molecule has 29 heavy (non-hydrogen) atoms. The van der Waals surface area contributed by atoms with Crippen LogP contribution in [0.15, 0.2) is 24.3 Å². The summed E-state index contributed by atoms with van der Waals surface area (Å²) >= 11 is 0. The maximum absolute atomic E-state index is 12.3. The lowest BCUT2D eigenvalue weighted by Gasteiger charge is -2.43. The second-order valence-electron chi connectivity index (χ2n) is 9.41. The Morgan fingerprint density at radius 3 is 2.31 bits per heavy atom. The van der Waals surface area contributed by atoms with Gasteiger partial charge in [0.05, 0.1) is 0 Å². The third-order valence-corrected chi connectivity index (χ3v) is 7.25. The van der Waals surface area contributed by atoms with Crippen LogP contribution in [0.25, 0.3) is 0 Å².